The van der Waals surface area contributed by atoms with Crippen LogP contribution in [0.5, 0.6) is 0 Å². The highest BCUT2D eigenvalue weighted by Crippen LogP contribution is 2.08. The highest BCUT2D eigenvalue weighted by Gasteiger charge is 1.94. The summed E-state index contributed by atoms with van der Waals surface area (Å²) < 4.78 is 0. The van der Waals surface area contributed by atoms with Crippen molar-refractivity contribution in [3.05, 3.63) is 12.2 Å². The number of allylic oxidation sites excluding steroid dienone is 2. The zero-order chi connectivity index (χ0) is 9.94. The van der Waals surface area contributed by atoms with Crippen molar-refractivity contribution in [1.29, 1.82) is 0 Å². The van der Waals surface area contributed by atoms with Gasteiger partial charge in [-0.3, -0.25) is 0 Å². The Morgan fingerprint density at radius 1 is 1.23 bits per heavy atom. The lowest BCUT2D eigenvalue weighted by Gasteiger charge is -2.03. The van der Waals surface area contributed by atoms with Gasteiger partial charge in [0.2, 0.25) is 0 Å². The highest BCUT2D eigenvalue weighted by atomic mass is 16.2. The van der Waals surface area contributed by atoms with Gasteiger partial charge in [-0.15, -0.1) is 0 Å². The molecule has 0 aliphatic carbocycles. The van der Waals surface area contributed by atoms with Gasteiger partial charge in [-0.05, 0) is 31.6 Å². The third-order valence-corrected chi connectivity index (χ3v) is 2.26. The van der Waals surface area contributed by atoms with E-state index in [0.717, 1.165) is 12.8 Å². The summed E-state index contributed by atoms with van der Waals surface area (Å²) in [7, 11) is 0. The Labute approximate surface area is 82.9 Å². The summed E-state index contributed by atoms with van der Waals surface area (Å²) in [6, 6.07) is 0. The third kappa shape index (κ3) is 9.62. The number of hydrogen-bond acceptors (Lipinski definition) is 1. The molecule has 0 saturated carbocycles. The van der Waals surface area contributed by atoms with Gasteiger partial charge < -0.3 is 5.11 Å². The highest BCUT2D eigenvalue weighted by molar-refractivity contribution is 4.86. The first-order valence-corrected chi connectivity index (χ1v) is 5.58. The number of aliphatic hydroxyl groups is 1. The Bertz CT molecular complexity index is 118. The molecule has 0 bridgehead atoms. The van der Waals surface area contributed by atoms with E-state index in [2.05, 4.69) is 26.0 Å². The van der Waals surface area contributed by atoms with E-state index in [9.17, 15) is 0 Å². The molecule has 0 aliphatic rings. The minimum Gasteiger partial charge on any atom is -0.396 e. The van der Waals surface area contributed by atoms with E-state index < -0.39 is 0 Å². The van der Waals surface area contributed by atoms with Gasteiger partial charge in [-0.1, -0.05) is 38.8 Å². The Balaban J connectivity index is 3.25. The molecule has 0 aliphatic heterocycles. The zero-order valence-corrected chi connectivity index (χ0v) is 9.13. The van der Waals surface area contributed by atoms with Gasteiger partial charge in [0.1, 0.15) is 0 Å². The van der Waals surface area contributed by atoms with Crippen molar-refractivity contribution in [3.8, 4) is 0 Å². The first-order valence-electron chi connectivity index (χ1n) is 5.58. The lowest BCUT2D eigenvalue weighted by Crippen LogP contribution is -1.92. The van der Waals surface area contributed by atoms with E-state index in [1.165, 1.54) is 25.7 Å². The van der Waals surface area contributed by atoms with Gasteiger partial charge >= 0.3 is 0 Å². The Hall–Kier alpha value is -0.300. The molecule has 1 nitrogen and oxygen atoms in total. The second kappa shape index (κ2) is 9.79. The summed E-state index contributed by atoms with van der Waals surface area (Å²) in [6.45, 7) is 4.77. The smallest absolute Gasteiger partial charge is 0.0431 e. The largest absolute Gasteiger partial charge is 0.396 e. The molecule has 0 aromatic rings. The number of unbranched alkanes of at least 4 members (excludes halogenated alkanes) is 3. The molecule has 1 unspecified atom stereocenters. The van der Waals surface area contributed by atoms with Crippen molar-refractivity contribution in [1.82, 2.24) is 0 Å². The third-order valence-electron chi connectivity index (χ3n) is 2.26. The molecule has 0 spiro atoms. The van der Waals surface area contributed by atoms with Crippen LogP contribution < -0.4 is 0 Å². The van der Waals surface area contributed by atoms with E-state index in [4.69, 9.17) is 5.11 Å². The van der Waals surface area contributed by atoms with Gasteiger partial charge in [0.05, 0.1) is 0 Å². The average Bonchev–Trinajstić information content (AvgIpc) is 2.14. The van der Waals surface area contributed by atoms with Gasteiger partial charge in [0.15, 0.2) is 0 Å². The number of hydrogen-bond donors (Lipinski definition) is 1. The normalized spacial score (nSPS) is 13.8. The van der Waals surface area contributed by atoms with Crippen LogP contribution in [0.1, 0.15) is 52.4 Å². The average molecular weight is 184 g/mol. The SMILES string of the molecule is CCCCCC=CC(C)CCCO. The molecule has 0 radical (unpaired) electrons. The maximum atomic E-state index is 8.63. The minimum atomic E-state index is 0.327. The van der Waals surface area contributed by atoms with Crippen molar-refractivity contribution in [2.75, 3.05) is 6.61 Å². The van der Waals surface area contributed by atoms with Gasteiger partial charge in [-0.2, -0.15) is 0 Å². The standard InChI is InChI=1S/C12H24O/c1-3-4-5-6-7-9-12(2)10-8-11-13/h7,9,12-13H,3-6,8,10-11H2,1-2H3. The van der Waals surface area contributed by atoms with Crippen LogP contribution in [0.4, 0.5) is 0 Å². The summed E-state index contributed by atoms with van der Waals surface area (Å²) in [5, 5.41) is 8.63. The molecule has 0 saturated heterocycles. The topological polar surface area (TPSA) is 20.2 Å². The molecule has 0 fully saturated rings. The zero-order valence-electron chi connectivity index (χ0n) is 9.13. The first kappa shape index (κ1) is 12.7. The second-order valence-electron chi connectivity index (χ2n) is 3.77. The molecule has 0 rings (SSSR count). The Morgan fingerprint density at radius 3 is 2.62 bits per heavy atom. The molecule has 0 aromatic carbocycles. The van der Waals surface area contributed by atoms with Gasteiger partial charge in [0.25, 0.3) is 0 Å². The maximum absolute atomic E-state index is 8.63. The molecule has 1 atom stereocenters. The van der Waals surface area contributed by atoms with Crippen molar-refractivity contribution >= 4 is 0 Å². The fraction of sp³-hybridized carbons (Fsp3) is 0.833. The van der Waals surface area contributed by atoms with Crippen LogP contribution in [0.2, 0.25) is 0 Å². The fourth-order valence-corrected chi connectivity index (χ4v) is 1.35. The predicted octanol–water partition coefficient (Wildman–Crippen LogP) is 3.53. The summed E-state index contributed by atoms with van der Waals surface area (Å²) >= 11 is 0. The molecular formula is C12H24O. The van der Waals surface area contributed by atoms with Crippen LogP contribution >= 0.6 is 0 Å². The second-order valence-corrected chi connectivity index (χ2v) is 3.77. The lowest BCUT2D eigenvalue weighted by molar-refractivity contribution is 0.279. The molecule has 78 valence electrons. The number of rotatable bonds is 8. The molecule has 0 amide bonds. The van der Waals surface area contributed by atoms with E-state index in [0.29, 0.717) is 12.5 Å². The van der Waals surface area contributed by atoms with Crippen molar-refractivity contribution < 1.29 is 5.11 Å². The summed E-state index contributed by atoms with van der Waals surface area (Å²) in [5.41, 5.74) is 0. The first-order chi connectivity index (χ1) is 6.31. The quantitative estimate of drug-likeness (QED) is 0.452. The Kier molecular flexibility index (Phi) is 9.56. The maximum Gasteiger partial charge on any atom is 0.0431 e. The van der Waals surface area contributed by atoms with E-state index in [1.54, 1.807) is 0 Å². The van der Waals surface area contributed by atoms with Crippen LogP contribution in [0.15, 0.2) is 12.2 Å². The molecule has 13 heavy (non-hydrogen) atoms. The molecular weight excluding hydrogens is 160 g/mol. The lowest BCUT2D eigenvalue weighted by atomic mass is 10.0. The van der Waals surface area contributed by atoms with Crippen LogP contribution in [-0.2, 0) is 0 Å². The van der Waals surface area contributed by atoms with Gasteiger partial charge in [0, 0.05) is 6.61 Å². The number of aliphatic hydroxyl groups excluding tert-OH is 1. The van der Waals surface area contributed by atoms with Crippen LogP contribution in [0.25, 0.3) is 0 Å². The molecule has 1 N–H and O–H groups in total. The molecule has 0 aromatic heterocycles. The van der Waals surface area contributed by atoms with Crippen LogP contribution in [0.3, 0.4) is 0 Å². The molecule has 0 heterocycles. The monoisotopic (exact) mass is 184 g/mol. The fourth-order valence-electron chi connectivity index (χ4n) is 1.35. The molecule has 1 heteroatoms. The predicted molar refractivity (Wildman–Crippen MR) is 58.8 cm³/mol. The van der Waals surface area contributed by atoms with Crippen LogP contribution in [-0.4, -0.2) is 11.7 Å². The van der Waals surface area contributed by atoms with E-state index in [-0.39, 0.29) is 0 Å². The van der Waals surface area contributed by atoms with Gasteiger partial charge in [-0.25, -0.2) is 0 Å². The van der Waals surface area contributed by atoms with Crippen molar-refractivity contribution in [3.63, 3.8) is 0 Å². The summed E-state index contributed by atoms with van der Waals surface area (Å²) in [5.74, 6) is 0.633. The van der Waals surface area contributed by atoms with Crippen LogP contribution in [0, 0.1) is 5.92 Å². The minimum absolute atomic E-state index is 0.327. The summed E-state index contributed by atoms with van der Waals surface area (Å²) in [4.78, 5) is 0. The van der Waals surface area contributed by atoms with Crippen molar-refractivity contribution in [2.24, 2.45) is 5.92 Å². The summed E-state index contributed by atoms with van der Waals surface area (Å²) in [6.07, 6.45) is 11.8. The van der Waals surface area contributed by atoms with Crippen molar-refractivity contribution in [2.45, 2.75) is 52.4 Å². The van der Waals surface area contributed by atoms with E-state index in [1.807, 2.05) is 0 Å². The Morgan fingerprint density at radius 2 is 2.00 bits per heavy atom. The van der Waals surface area contributed by atoms with E-state index >= 15 is 0 Å².